The molecule has 1 rings (SSSR count). The summed E-state index contributed by atoms with van der Waals surface area (Å²) in [4.78, 5) is 16.2. The molecule has 2 atom stereocenters. The summed E-state index contributed by atoms with van der Waals surface area (Å²) in [5.74, 6) is 0.802. The summed E-state index contributed by atoms with van der Waals surface area (Å²) in [7, 11) is 4.13. The maximum Gasteiger partial charge on any atom is 0.239 e. The molecule has 4 heteroatoms. The van der Waals surface area contributed by atoms with E-state index in [9.17, 15) is 4.79 Å². The molecular formula is C12H25N3O. The Hall–Kier alpha value is -0.610. The molecule has 2 unspecified atom stereocenters. The Labute approximate surface area is 99.0 Å². The third-order valence-electron chi connectivity index (χ3n) is 3.02. The molecule has 1 aliphatic heterocycles. The molecule has 1 fully saturated rings. The van der Waals surface area contributed by atoms with Crippen LogP contribution in [0.5, 0.6) is 0 Å². The maximum absolute atomic E-state index is 12.0. The molecule has 94 valence electrons. The molecule has 0 saturated carbocycles. The van der Waals surface area contributed by atoms with Crippen LogP contribution in [0.2, 0.25) is 0 Å². The van der Waals surface area contributed by atoms with E-state index in [4.69, 9.17) is 0 Å². The second kappa shape index (κ2) is 6.21. The highest BCUT2D eigenvalue weighted by molar-refractivity contribution is 5.81. The van der Waals surface area contributed by atoms with E-state index < -0.39 is 0 Å². The molecule has 1 heterocycles. The first-order chi connectivity index (χ1) is 7.50. The normalized spacial score (nSPS) is 27.3. The van der Waals surface area contributed by atoms with Crippen molar-refractivity contribution in [1.82, 2.24) is 15.1 Å². The molecule has 1 saturated heterocycles. The van der Waals surface area contributed by atoms with E-state index in [1.165, 1.54) is 0 Å². The second-order valence-corrected chi connectivity index (χ2v) is 5.18. The van der Waals surface area contributed by atoms with E-state index in [-0.39, 0.29) is 11.9 Å². The molecule has 0 aromatic carbocycles. The zero-order valence-electron chi connectivity index (χ0n) is 11.0. The van der Waals surface area contributed by atoms with Gasteiger partial charge in [-0.05, 0) is 39.9 Å². The summed E-state index contributed by atoms with van der Waals surface area (Å²) in [6.45, 7) is 7.91. The summed E-state index contributed by atoms with van der Waals surface area (Å²) in [6, 6.07) is -0.0238. The summed E-state index contributed by atoms with van der Waals surface area (Å²) in [5, 5.41) is 3.27. The first kappa shape index (κ1) is 13.5. The van der Waals surface area contributed by atoms with E-state index in [0.717, 1.165) is 32.6 Å². The van der Waals surface area contributed by atoms with Gasteiger partial charge in [-0.15, -0.1) is 0 Å². The molecule has 16 heavy (non-hydrogen) atoms. The Morgan fingerprint density at radius 2 is 2.12 bits per heavy atom. The van der Waals surface area contributed by atoms with E-state index >= 15 is 0 Å². The average molecular weight is 227 g/mol. The van der Waals surface area contributed by atoms with Gasteiger partial charge in [-0.2, -0.15) is 0 Å². The van der Waals surface area contributed by atoms with Gasteiger partial charge in [0, 0.05) is 19.6 Å². The van der Waals surface area contributed by atoms with Crippen LogP contribution in [0.15, 0.2) is 0 Å². The highest BCUT2D eigenvalue weighted by Crippen LogP contribution is 2.08. The van der Waals surface area contributed by atoms with E-state index in [1.54, 1.807) is 0 Å². The van der Waals surface area contributed by atoms with Crippen LogP contribution in [0.3, 0.4) is 0 Å². The van der Waals surface area contributed by atoms with Crippen molar-refractivity contribution in [2.45, 2.75) is 26.3 Å². The Morgan fingerprint density at radius 3 is 2.75 bits per heavy atom. The van der Waals surface area contributed by atoms with Crippen molar-refractivity contribution >= 4 is 5.91 Å². The predicted octanol–water partition coefficient (Wildman–Crippen LogP) is 0.395. The van der Waals surface area contributed by atoms with Crippen LogP contribution in [0, 0.1) is 5.92 Å². The number of carbonyl (C=O) groups excluding carboxylic acids is 1. The van der Waals surface area contributed by atoms with Gasteiger partial charge in [0.05, 0.1) is 6.04 Å². The zero-order chi connectivity index (χ0) is 12.1. The van der Waals surface area contributed by atoms with Gasteiger partial charge in [-0.3, -0.25) is 4.79 Å². The van der Waals surface area contributed by atoms with Crippen LogP contribution in [0.25, 0.3) is 0 Å². The minimum Gasteiger partial charge on any atom is -0.341 e. The molecule has 0 spiro atoms. The van der Waals surface area contributed by atoms with Crippen molar-refractivity contribution in [2.75, 3.05) is 40.3 Å². The highest BCUT2D eigenvalue weighted by Gasteiger charge is 2.25. The average Bonchev–Trinajstić information content (AvgIpc) is 2.32. The summed E-state index contributed by atoms with van der Waals surface area (Å²) < 4.78 is 0. The molecule has 0 aromatic heterocycles. The molecule has 4 nitrogen and oxygen atoms in total. The fourth-order valence-corrected chi connectivity index (χ4v) is 2.05. The van der Waals surface area contributed by atoms with Gasteiger partial charge < -0.3 is 15.1 Å². The lowest BCUT2D eigenvalue weighted by Crippen LogP contribution is -2.42. The van der Waals surface area contributed by atoms with Gasteiger partial charge in [0.1, 0.15) is 0 Å². The summed E-state index contributed by atoms with van der Waals surface area (Å²) in [5.41, 5.74) is 0. The van der Waals surface area contributed by atoms with Crippen molar-refractivity contribution in [2.24, 2.45) is 5.92 Å². The van der Waals surface area contributed by atoms with Gasteiger partial charge >= 0.3 is 0 Å². The fourth-order valence-electron chi connectivity index (χ4n) is 2.05. The Balaban J connectivity index is 2.44. The van der Waals surface area contributed by atoms with Crippen LogP contribution in [0.4, 0.5) is 0 Å². The van der Waals surface area contributed by atoms with E-state index in [2.05, 4.69) is 31.2 Å². The molecule has 1 aliphatic rings. The van der Waals surface area contributed by atoms with Crippen molar-refractivity contribution in [3.05, 3.63) is 0 Å². The molecular weight excluding hydrogens is 202 g/mol. The standard InChI is InChI=1S/C12H25N3O/c1-10-8-13-11(2)12(16)15(9-10)7-5-6-14(3)4/h10-11,13H,5-9H2,1-4H3. The Kier molecular flexibility index (Phi) is 5.22. The number of carbonyl (C=O) groups is 1. The third kappa shape index (κ3) is 4.10. The lowest BCUT2D eigenvalue weighted by molar-refractivity contribution is -0.132. The molecule has 1 N–H and O–H groups in total. The zero-order valence-corrected chi connectivity index (χ0v) is 11.0. The summed E-state index contributed by atoms with van der Waals surface area (Å²) in [6.07, 6.45) is 1.05. The minimum atomic E-state index is -0.0238. The monoisotopic (exact) mass is 227 g/mol. The molecule has 0 bridgehead atoms. The molecule has 0 aromatic rings. The maximum atomic E-state index is 12.0. The van der Waals surface area contributed by atoms with Crippen molar-refractivity contribution < 1.29 is 4.79 Å². The van der Waals surface area contributed by atoms with Gasteiger partial charge in [-0.25, -0.2) is 0 Å². The van der Waals surface area contributed by atoms with Gasteiger partial charge in [-0.1, -0.05) is 6.92 Å². The topological polar surface area (TPSA) is 35.6 Å². The quantitative estimate of drug-likeness (QED) is 0.755. The lowest BCUT2D eigenvalue weighted by atomic mass is 10.2. The number of hydrogen-bond acceptors (Lipinski definition) is 3. The van der Waals surface area contributed by atoms with Crippen molar-refractivity contribution in [1.29, 1.82) is 0 Å². The van der Waals surface area contributed by atoms with Gasteiger partial charge in [0.2, 0.25) is 5.91 Å². The van der Waals surface area contributed by atoms with Gasteiger partial charge in [0.15, 0.2) is 0 Å². The van der Waals surface area contributed by atoms with Gasteiger partial charge in [0.25, 0.3) is 0 Å². The van der Waals surface area contributed by atoms with Crippen LogP contribution in [-0.2, 0) is 4.79 Å². The number of nitrogens with one attached hydrogen (secondary N) is 1. The predicted molar refractivity (Wildman–Crippen MR) is 66.4 cm³/mol. The number of nitrogens with zero attached hydrogens (tertiary/aromatic N) is 2. The van der Waals surface area contributed by atoms with Crippen molar-refractivity contribution in [3.63, 3.8) is 0 Å². The van der Waals surface area contributed by atoms with Crippen LogP contribution < -0.4 is 5.32 Å². The van der Waals surface area contributed by atoms with E-state index in [1.807, 2.05) is 11.8 Å². The molecule has 1 amide bonds. The van der Waals surface area contributed by atoms with Crippen molar-refractivity contribution in [3.8, 4) is 0 Å². The number of rotatable bonds is 4. The van der Waals surface area contributed by atoms with Crippen LogP contribution in [0.1, 0.15) is 20.3 Å². The van der Waals surface area contributed by atoms with Crippen LogP contribution in [-0.4, -0.2) is 62.0 Å². The first-order valence-electron chi connectivity index (χ1n) is 6.17. The molecule has 0 radical (unpaired) electrons. The third-order valence-corrected chi connectivity index (χ3v) is 3.02. The smallest absolute Gasteiger partial charge is 0.239 e. The SMILES string of the molecule is CC1CNC(C)C(=O)N(CCCN(C)C)C1. The number of amides is 1. The lowest BCUT2D eigenvalue weighted by Gasteiger charge is -2.24. The fraction of sp³-hybridized carbons (Fsp3) is 0.917. The van der Waals surface area contributed by atoms with E-state index in [0.29, 0.717) is 5.92 Å². The largest absolute Gasteiger partial charge is 0.341 e. The summed E-state index contributed by atoms with van der Waals surface area (Å²) >= 11 is 0. The minimum absolute atomic E-state index is 0.0238. The first-order valence-corrected chi connectivity index (χ1v) is 6.17. The number of hydrogen-bond donors (Lipinski definition) is 1. The van der Waals surface area contributed by atoms with Crippen LogP contribution >= 0.6 is 0 Å². The Morgan fingerprint density at radius 1 is 1.44 bits per heavy atom. The highest BCUT2D eigenvalue weighted by atomic mass is 16.2. The second-order valence-electron chi connectivity index (χ2n) is 5.18. The Bertz CT molecular complexity index is 230. The molecule has 0 aliphatic carbocycles.